The molecule has 28 heavy (non-hydrogen) atoms. The maximum Gasteiger partial charge on any atom is 0.0992 e. The van der Waals surface area contributed by atoms with E-state index in [2.05, 4.69) is 23.2 Å². The van der Waals surface area contributed by atoms with Gasteiger partial charge in [0.05, 0.1) is 37.1 Å². The van der Waals surface area contributed by atoms with Crippen molar-refractivity contribution in [3.8, 4) is 6.07 Å². The van der Waals surface area contributed by atoms with Crippen LogP contribution in [0.4, 0.5) is 5.69 Å². The fourth-order valence-electron chi connectivity index (χ4n) is 4.51. The van der Waals surface area contributed by atoms with Gasteiger partial charge in [-0.25, -0.2) is 0 Å². The number of aliphatic hydroxyl groups excluding tert-OH is 1. The van der Waals surface area contributed by atoms with Gasteiger partial charge in [0.15, 0.2) is 0 Å². The quantitative estimate of drug-likeness (QED) is 0.701. The van der Waals surface area contributed by atoms with E-state index in [1.807, 2.05) is 24.3 Å². The highest BCUT2D eigenvalue weighted by atomic mass is 16.5. The summed E-state index contributed by atoms with van der Waals surface area (Å²) in [5.74, 6) is 0. The standard InChI is InChI=1S/C22H33N3O3/c1-22(9-6-20(15-21(22)26)28-13-12-27-2)25-10-7-18(8-11-25)24-19-5-3-4-17(14-19)16-23/h3-5,14,18,20-21,24,26H,6-13,15H2,1-2H3. The second kappa shape index (κ2) is 9.71. The Bertz CT molecular complexity index is 669. The van der Waals surface area contributed by atoms with Crippen LogP contribution in [0.25, 0.3) is 0 Å². The van der Waals surface area contributed by atoms with Crippen molar-refractivity contribution in [1.82, 2.24) is 4.90 Å². The Morgan fingerprint density at radius 3 is 2.75 bits per heavy atom. The Hall–Kier alpha value is -1.65. The maximum atomic E-state index is 10.9. The highest BCUT2D eigenvalue weighted by molar-refractivity contribution is 5.49. The molecule has 2 N–H and O–H groups in total. The first-order valence-corrected chi connectivity index (χ1v) is 10.4. The first-order chi connectivity index (χ1) is 13.5. The summed E-state index contributed by atoms with van der Waals surface area (Å²) in [6.45, 7) is 5.33. The summed E-state index contributed by atoms with van der Waals surface area (Å²) >= 11 is 0. The molecule has 0 radical (unpaired) electrons. The summed E-state index contributed by atoms with van der Waals surface area (Å²) in [5.41, 5.74) is 1.52. The van der Waals surface area contributed by atoms with Crippen molar-refractivity contribution in [2.24, 2.45) is 0 Å². The number of rotatable bonds is 7. The molecule has 1 saturated carbocycles. The number of nitrogens with zero attached hydrogens (tertiary/aromatic N) is 2. The summed E-state index contributed by atoms with van der Waals surface area (Å²) in [6, 6.07) is 10.3. The molecule has 2 fully saturated rings. The molecule has 6 heteroatoms. The van der Waals surface area contributed by atoms with Crippen LogP contribution < -0.4 is 5.32 Å². The van der Waals surface area contributed by atoms with Gasteiger partial charge in [-0.05, 0) is 50.8 Å². The number of benzene rings is 1. The van der Waals surface area contributed by atoms with Crippen LogP contribution in [-0.4, -0.2) is 67.2 Å². The molecule has 1 aromatic carbocycles. The number of nitriles is 1. The van der Waals surface area contributed by atoms with E-state index in [1.165, 1.54) is 0 Å². The third-order valence-corrected chi connectivity index (χ3v) is 6.40. The molecule has 6 nitrogen and oxygen atoms in total. The minimum Gasteiger partial charge on any atom is -0.391 e. The third kappa shape index (κ3) is 5.03. The van der Waals surface area contributed by atoms with Gasteiger partial charge in [0, 0.05) is 43.9 Å². The number of aliphatic hydroxyl groups is 1. The summed E-state index contributed by atoms with van der Waals surface area (Å²) < 4.78 is 10.9. The highest BCUT2D eigenvalue weighted by Crippen LogP contribution is 2.37. The molecule has 1 aliphatic carbocycles. The van der Waals surface area contributed by atoms with Crippen LogP contribution in [0, 0.1) is 11.3 Å². The fourth-order valence-corrected chi connectivity index (χ4v) is 4.51. The van der Waals surface area contributed by atoms with Gasteiger partial charge in [0.25, 0.3) is 0 Å². The molecule has 1 aromatic rings. The van der Waals surface area contributed by atoms with Crippen molar-refractivity contribution in [2.75, 3.05) is 38.7 Å². The minimum absolute atomic E-state index is 0.129. The predicted molar refractivity (Wildman–Crippen MR) is 109 cm³/mol. The van der Waals surface area contributed by atoms with E-state index in [9.17, 15) is 5.11 Å². The Morgan fingerprint density at radius 2 is 2.07 bits per heavy atom. The van der Waals surface area contributed by atoms with Crippen LogP contribution in [0.1, 0.15) is 44.6 Å². The van der Waals surface area contributed by atoms with Crippen LogP contribution >= 0.6 is 0 Å². The zero-order valence-corrected chi connectivity index (χ0v) is 17.1. The molecule has 0 amide bonds. The first-order valence-electron chi connectivity index (χ1n) is 10.4. The molecular formula is C22H33N3O3. The van der Waals surface area contributed by atoms with E-state index in [4.69, 9.17) is 14.7 Å². The Morgan fingerprint density at radius 1 is 1.29 bits per heavy atom. The molecule has 1 saturated heterocycles. The molecule has 3 atom stereocenters. The van der Waals surface area contributed by atoms with Crippen LogP contribution in [0.15, 0.2) is 24.3 Å². The van der Waals surface area contributed by atoms with Gasteiger partial charge in [-0.3, -0.25) is 4.90 Å². The monoisotopic (exact) mass is 387 g/mol. The Balaban J connectivity index is 1.49. The lowest BCUT2D eigenvalue weighted by Gasteiger charge is -2.51. The van der Waals surface area contributed by atoms with Crippen molar-refractivity contribution in [1.29, 1.82) is 5.26 Å². The normalized spacial score (nSPS) is 29.4. The van der Waals surface area contributed by atoms with Crippen LogP contribution in [-0.2, 0) is 9.47 Å². The van der Waals surface area contributed by atoms with Gasteiger partial charge >= 0.3 is 0 Å². The predicted octanol–water partition coefficient (Wildman–Crippen LogP) is 2.77. The summed E-state index contributed by atoms with van der Waals surface area (Å²) in [7, 11) is 1.68. The number of likely N-dealkylation sites (tertiary alicyclic amines) is 1. The molecule has 154 valence electrons. The second-order valence-electron chi connectivity index (χ2n) is 8.23. The van der Waals surface area contributed by atoms with E-state index in [1.54, 1.807) is 7.11 Å². The van der Waals surface area contributed by atoms with Crippen molar-refractivity contribution in [3.05, 3.63) is 29.8 Å². The topological polar surface area (TPSA) is 77.8 Å². The lowest BCUT2D eigenvalue weighted by atomic mass is 9.77. The van der Waals surface area contributed by atoms with E-state index in [0.29, 0.717) is 31.2 Å². The van der Waals surface area contributed by atoms with Gasteiger partial charge in [0.1, 0.15) is 0 Å². The van der Waals surface area contributed by atoms with E-state index in [-0.39, 0.29) is 17.7 Å². The molecule has 0 spiro atoms. The van der Waals surface area contributed by atoms with Gasteiger partial charge in [-0.2, -0.15) is 5.26 Å². The lowest BCUT2D eigenvalue weighted by molar-refractivity contribution is -0.106. The second-order valence-corrected chi connectivity index (χ2v) is 8.23. The van der Waals surface area contributed by atoms with Gasteiger partial charge in [-0.15, -0.1) is 0 Å². The summed E-state index contributed by atoms with van der Waals surface area (Å²) in [6.07, 6.45) is 4.46. The van der Waals surface area contributed by atoms with Crippen molar-refractivity contribution in [3.63, 3.8) is 0 Å². The van der Waals surface area contributed by atoms with Gasteiger partial charge in [-0.1, -0.05) is 6.07 Å². The molecule has 1 aliphatic heterocycles. The lowest BCUT2D eigenvalue weighted by Crippen LogP contribution is -2.60. The average Bonchev–Trinajstić information content (AvgIpc) is 2.71. The first kappa shape index (κ1) is 21.1. The highest BCUT2D eigenvalue weighted by Gasteiger charge is 2.44. The Labute approximate surface area is 168 Å². The van der Waals surface area contributed by atoms with Crippen LogP contribution in [0.3, 0.4) is 0 Å². The number of methoxy groups -OCH3 is 1. The number of hydrogen-bond donors (Lipinski definition) is 2. The summed E-state index contributed by atoms with van der Waals surface area (Å²) in [4.78, 5) is 2.47. The fraction of sp³-hybridized carbons (Fsp3) is 0.682. The molecule has 0 aromatic heterocycles. The molecule has 3 unspecified atom stereocenters. The SMILES string of the molecule is COCCOC1CCC(C)(N2CCC(Nc3cccc(C#N)c3)CC2)C(O)C1. The smallest absolute Gasteiger partial charge is 0.0992 e. The molecule has 1 heterocycles. The van der Waals surface area contributed by atoms with Crippen molar-refractivity contribution in [2.45, 2.75) is 62.8 Å². The molecule has 0 bridgehead atoms. The number of piperidine rings is 1. The van der Waals surface area contributed by atoms with Gasteiger partial charge in [0.2, 0.25) is 0 Å². The average molecular weight is 388 g/mol. The molecule has 3 rings (SSSR count). The van der Waals surface area contributed by atoms with Gasteiger partial charge < -0.3 is 19.9 Å². The number of ether oxygens (including phenoxy) is 2. The minimum atomic E-state index is -0.370. The maximum absolute atomic E-state index is 10.9. The van der Waals surface area contributed by atoms with Crippen LogP contribution in [0.2, 0.25) is 0 Å². The van der Waals surface area contributed by atoms with Crippen molar-refractivity contribution >= 4 is 5.69 Å². The van der Waals surface area contributed by atoms with E-state index in [0.717, 1.165) is 44.5 Å². The van der Waals surface area contributed by atoms with E-state index < -0.39 is 0 Å². The summed E-state index contributed by atoms with van der Waals surface area (Å²) in [5, 5.41) is 23.5. The third-order valence-electron chi connectivity index (χ3n) is 6.40. The molecular weight excluding hydrogens is 354 g/mol. The largest absolute Gasteiger partial charge is 0.391 e. The number of nitrogens with one attached hydrogen (secondary N) is 1. The molecule has 2 aliphatic rings. The number of anilines is 1. The Kier molecular flexibility index (Phi) is 7.30. The van der Waals surface area contributed by atoms with E-state index >= 15 is 0 Å². The number of hydrogen-bond acceptors (Lipinski definition) is 6. The zero-order chi connectivity index (χ0) is 20.0. The zero-order valence-electron chi connectivity index (χ0n) is 17.1. The van der Waals surface area contributed by atoms with Crippen molar-refractivity contribution < 1.29 is 14.6 Å². The van der Waals surface area contributed by atoms with Crippen LogP contribution in [0.5, 0.6) is 0 Å².